The van der Waals surface area contributed by atoms with Gasteiger partial charge in [-0.25, -0.2) is 9.78 Å². The van der Waals surface area contributed by atoms with E-state index in [1.165, 1.54) is 19.2 Å². The fraction of sp³-hybridized carbons (Fsp3) is 0.188. The van der Waals surface area contributed by atoms with Gasteiger partial charge in [0.25, 0.3) is 0 Å². The lowest BCUT2D eigenvalue weighted by Gasteiger charge is -2.08. The molecule has 0 amide bonds. The molecule has 0 bridgehead atoms. The van der Waals surface area contributed by atoms with Crippen LogP contribution in [0.25, 0.3) is 11.3 Å². The molecule has 0 spiro atoms. The van der Waals surface area contributed by atoms with Crippen molar-refractivity contribution in [3.8, 4) is 17.1 Å². The van der Waals surface area contributed by atoms with Crippen LogP contribution in [0.5, 0.6) is 5.88 Å². The molecule has 0 fully saturated rings. The molecule has 0 radical (unpaired) electrons. The first-order valence-corrected chi connectivity index (χ1v) is 6.48. The average Bonchev–Trinajstić information content (AvgIpc) is 2.53. The standard InChI is InChI=1S/C16H15NO4/c1-3-14(18)12-8-13(17-15(9-12)21-2)10-5-4-6-11(7-10)16(19)20/h4-9H,3H2,1-2H3,(H,19,20). The number of Topliss-reactive ketones (excluding diaryl/α,β-unsaturated/α-hetero) is 1. The van der Waals surface area contributed by atoms with Gasteiger partial charge >= 0.3 is 5.97 Å². The lowest BCUT2D eigenvalue weighted by Crippen LogP contribution is -2.01. The van der Waals surface area contributed by atoms with E-state index in [2.05, 4.69) is 4.98 Å². The van der Waals surface area contributed by atoms with Crippen molar-refractivity contribution in [2.75, 3.05) is 7.11 Å². The molecule has 21 heavy (non-hydrogen) atoms. The fourth-order valence-electron chi connectivity index (χ4n) is 1.93. The van der Waals surface area contributed by atoms with Gasteiger partial charge < -0.3 is 9.84 Å². The lowest BCUT2D eigenvalue weighted by atomic mass is 10.0. The zero-order chi connectivity index (χ0) is 15.4. The maximum atomic E-state index is 11.9. The molecule has 0 aliphatic carbocycles. The second-order valence-corrected chi connectivity index (χ2v) is 4.45. The van der Waals surface area contributed by atoms with Crippen molar-refractivity contribution in [2.45, 2.75) is 13.3 Å². The summed E-state index contributed by atoms with van der Waals surface area (Å²) in [6.07, 6.45) is 0.377. The monoisotopic (exact) mass is 285 g/mol. The minimum Gasteiger partial charge on any atom is -0.481 e. The number of carbonyl (C=O) groups is 2. The molecule has 1 aromatic heterocycles. The van der Waals surface area contributed by atoms with Crippen LogP contribution in [0.1, 0.15) is 34.1 Å². The van der Waals surface area contributed by atoms with Gasteiger partial charge in [-0.15, -0.1) is 0 Å². The number of carbonyl (C=O) groups excluding carboxylic acids is 1. The molecule has 0 atom stereocenters. The number of aromatic carboxylic acids is 1. The predicted octanol–water partition coefficient (Wildman–Crippen LogP) is 3.05. The summed E-state index contributed by atoms with van der Waals surface area (Å²) in [6, 6.07) is 9.63. The molecule has 108 valence electrons. The van der Waals surface area contributed by atoms with Crippen LogP contribution in [-0.2, 0) is 0 Å². The quantitative estimate of drug-likeness (QED) is 0.854. The first-order valence-electron chi connectivity index (χ1n) is 6.48. The van der Waals surface area contributed by atoms with Gasteiger partial charge in [-0.05, 0) is 18.2 Å². The van der Waals surface area contributed by atoms with Crippen molar-refractivity contribution < 1.29 is 19.4 Å². The maximum Gasteiger partial charge on any atom is 0.335 e. The molecule has 0 saturated carbocycles. The zero-order valence-corrected chi connectivity index (χ0v) is 11.8. The van der Waals surface area contributed by atoms with E-state index in [9.17, 15) is 9.59 Å². The second kappa shape index (κ2) is 6.17. The second-order valence-electron chi connectivity index (χ2n) is 4.45. The van der Waals surface area contributed by atoms with E-state index in [0.717, 1.165) is 0 Å². The minimum atomic E-state index is -1.01. The van der Waals surface area contributed by atoms with Crippen LogP contribution in [0.15, 0.2) is 36.4 Å². The molecule has 1 heterocycles. The third kappa shape index (κ3) is 3.25. The van der Waals surface area contributed by atoms with Crippen molar-refractivity contribution in [2.24, 2.45) is 0 Å². The highest BCUT2D eigenvalue weighted by atomic mass is 16.5. The van der Waals surface area contributed by atoms with E-state index in [1.54, 1.807) is 31.2 Å². The number of hydrogen-bond acceptors (Lipinski definition) is 4. The Kier molecular flexibility index (Phi) is 4.33. The third-order valence-corrected chi connectivity index (χ3v) is 3.06. The fourth-order valence-corrected chi connectivity index (χ4v) is 1.93. The van der Waals surface area contributed by atoms with Gasteiger partial charge in [-0.1, -0.05) is 19.1 Å². The number of carboxylic acids is 1. The molecule has 0 unspecified atom stereocenters. The third-order valence-electron chi connectivity index (χ3n) is 3.06. The smallest absolute Gasteiger partial charge is 0.335 e. The maximum absolute atomic E-state index is 11.9. The van der Waals surface area contributed by atoms with E-state index in [1.807, 2.05) is 0 Å². The van der Waals surface area contributed by atoms with Crippen LogP contribution in [0.3, 0.4) is 0 Å². The van der Waals surface area contributed by atoms with E-state index in [4.69, 9.17) is 9.84 Å². The summed E-state index contributed by atoms with van der Waals surface area (Å²) in [5.74, 6) is -0.707. The normalized spacial score (nSPS) is 10.2. The number of nitrogens with zero attached hydrogens (tertiary/aromatic N) is 1. The highest BCUT2D eigenvalue weighted by molar-refractivity contribution is 5.97. The molecular weight excluding hydrogens is 270 g/mol. The largest absolute Gasteiger partial charge is 0.481 e. The molecule has 5 nitrogen and oxygen atoms in total. The number of aromatic nitrogens is 1. The molecular formula is C16H15NO4. The number of ether oxygens (including phenoxy) is 1. The molecule has 1 N–H and O–H groups in total. The first-order chi connectivity index (χ1) is 10.0. The minimum absolute atomic E-state index is 0.0219. The molecule has 0 aliphatic rings. The van der Waals surface area contributed by atoms with Crippen LogP contribution >= 0.6 is 0 Å². The van der Waals surface area contributed by atoms with E-state index < -0.39 is 5.97 Å². The van der Waals surface area contributed by atoms with Crippen molar-refractivity contribution in [3.63, 3.8) is 0 Å². The number of hydrogen-bond donors (Lipinski definition) is 1. The van der Waals surface area contributed by atoms with Gasteiger partial charge in [-0.2, -0.15) is 0 Å². The van der Waals surface area contributed by atoms with Crippen LogP contribution < -0.4 is 4.74 Å². The average molecular weight is 285 g/mol. The summed E-state index contributed by atoms with van der Waals surface area (Å²) in [5, 5.41) is 9.04. The van der Waals surface area contributed by atoms with E-state index >= 15 is 0 Å². The van der Waals surface area contributed by atoms with Gasteiger partial charge in [0, 0.05) is 23.6 Å². The van der Waals surface area contributed by atoms with Gasteiger partial charge in [0.15, 0.2) is 5.78 Å². The van der Waals surface area contributed by atoms with Crippen molar-refractivity contribution >= 4 is 11.8 Å². The summed E-state index contributed by atoms with van der Waals surface area (Å²) in [4.78, 5) is 27.2. The Morgan fingerprint density at radius 1 is 1.19 bits per heavy atom. The Hall–Kier alpha value is -2.69. The van der Waals surface area contributed by atoms with Crippen LogP contribution in [-0.4, -0.2) is 29.0 Å². The Labute approximate surface area is 122 Å². The zero-order valence-electron chi connectivity index (χ0n) is 11.8. The molecule has 5 heteroatoms. The number of pyridine rings is 1. The number of rotatable bonds is 5. The highest BCUT2D eigenvalue weighted by Crippen LogP contribution is 2.24. The molecule has 2 rings (SSSR count). The highest BCUT2D eigenvalue weighted by Gasteiger charge is 2.11. The van der Waals surface area contributed by atoms with Crippen molar-refractivity contribution in [3.05, 3.63) is 47.5 Å². The van der Waals surface area contributed by atoms with Gasteiger partial charge in [0.05, 0.1) is 18.4 Å². The number of methoxy groups -OCH3 is 1. The summed E-state index contributed by atoms with van der Waals surface area (Å²) < 4.78 is 5.11. The lowest BCUT2D eigenvalue weighted by molar-refractivity contribution is 0.0696. The summed E-state index contributed by atoms with van der Waals surface area (Å²) in [7, 11) is 1.47. The van der Waals surface area contributed by atoms with Crippen molar-refractivity contribution in [1.82, 2.24) is 4.98 Å². The van der Waals surface area contributed by atoms with E-state index in [-0.39, 0.29) is 11.3 Å². The summed E-state index contributed by atoms with van der Waals surface area (Å²) in [6.45, 7) is 1.78. The molecule has 2 aromatic rings. The Morgan fingerprint density at radius 3 is 2.57 bits per heavy atom. The summed E-state index contributed by atoms with van der Waals surface area (Å²) in [5.41, 5.74) is 1.80. The predicted molar refractivity (Wildman–Crippen MR) is 77.8 cm³/mol. The van der Waals surface area contributed by atoms with E-state index in [0.29, 0.717) is 29.1 Å². The SMILES string of the molecule is CCC(=O)c1cc(OC)nc(-c2cccc(C(=O)O)c2)c1. The molecule has 0 aliphatic heterocycles. The number of ketones is 1. The summed E-state index contributed by atoms with van der Waals surface area (Å²) >= 11 is 0. The van der Waals surface area contributed by atoms with Crippen LogP contribution in [0.2, 0.25) is 0 Å². The first kappa shape index (κ1) is 14.7. The Balaban J connectivity index is 2.55. The number of benzene rings is 1. The van der Waals surface area contributed by atoms with Gasteiger partial charge in [0.2, 0.25) is 5.88 Å². The van der Waals surface area contributed by atoms with Gasteiger partial charge in [0.1, 0.15) is 0 Å². The molecule has 1 aromatic carbocycles. The topological polar surface area (TPSA) is 76.5 Å². The van der Waals surface area contributed by atoms with Crippen molar-refractivity contribution in [1.29, 1.82) is 0 Å². The Bertz CT molecular complexity index is 694. The van der Waals surface area contributed by atoms with Crippen LogP contribution in [0, 0.1) is 0 Å². The Morgan fingerprint density at radius 2 is 1.95 bits per heavy atom. The molecule has 0 saturated heterocycles. The van der Waals surface area contributed by atoms with Crippen LogP contribution in [0.4, 0.5) is 0 Å². The number of carboxylic acid groups (broad SMARTS) is 1. The van der Waals surface area contributed by atoms with Gasteiger partial charge in [-0.3, -0.25) is 4.79 Å².